The smallest absolute Gasteiger partial charge is 0.129 e. The minimum atomic E-state index is -0.259. The number of hydrogen-bond donors (Lipinski definition) is 2. The van der Waals surface area contributed by atoms with E-state index in [1.807, 2.05) is 42.5 Å². The van der Waals surface area contributed by atoms with Crippen molar-refractivity contribution < 1.29 is 9.84 Å². The molecule has 0 spiro atoms. The molecule has 2 atom stereocenters. The SMILES string of the molecule is CCc1ccc(C2=N[C@@H](c3ccccc3OC)N[C@@H](c3ccccc3O)C2)cc1. The Bertz CT molecular complexity index is 1010. The van der Waals surface area contributed by atoms with Gasteiger partial charge in [-0.25, -0.2) is 0 Å². The number of methoxy groups -OCH3 is 1. The van der Waals surface area contributed by atoms with Crippen LogP contribution in [0.1, 0.15) is 47.8 Å². The van der Waals surface area contributed by atoms with E-state index in [0.717, 1.165) is 34.6 Å². The number of ether oxygens (including phenoxy) is 1. The maximum absolute atomic E-state index is 10.4. The lowest BCUT2D eigenvalue weighted by molar-refractivity contribution is 0.381. The maximum Gasteiger partial charge on any atom is 0.129 e. The van der Waals surface area contributed by atoms with Gasteiger partial charge in [0.1, 0.15) is 17.7 Å². The van der Waals surface area contributed by atoms with Crippen LogP contribution in [-0.4, -0.2) is 17.9 Å². The molecule has 4 nitrogen and oxygen atoms in total. The standard InChI is InChI=1S/C25H26N2O2/c1-3-17-12-14-18(15-13-17)21-16-22(19-8-4-6-10-23(19)28)27-25(26-21)20-9-5-7-11-24(20)29-2/h4-15,22,25,27-28H,3,16H2,1-2H3/t22-,25-/m1/s1. The van der Waals surface area contributed by atoms with Crippen molar-refractivity contribution in [2.24, 2.45) is 4.99 Å². The van der Waals surface area contributed by atoms with Crippen molar-refractivity contribution in [2.45, 2.75) is 32.0 Å². The summed E-state index contributed by atoms with van der Waals surface area (Å²) in [6, 6.07) is 24.0. The number of phenols is 1. The van der Waals surface area contributed by atoms with Gasteiger partial charge in [-0.1, -0.05) is 67.6 Å². The molecule has 1 aliphatic heterocycles. The number of para-hydroxylation sites is 2. The molecule has 0 saturated heterocycles. The lowest BCUT2D eigenvalue weighted by Gasteiger charge is -2.31. The van der Waals surface area contributed by atoms with Gasteiger partial charge in [-0.3, -0.25) is 10.3 Å². The first-order chi connectivity index (χ1) is 14.2. The number of rotatable bonds is 5. The molecule has 0 fully saturated rings. The summed E-state index contributed by atoms with van der Waals surface area (Å²) in [5, 5.41) is 14.0. The van der Waals surface area contributed by atoms with Gasteiger partial charge >= 0.3 is 0 Å². The minimum absolute atomic E-state index is 0.0514. The first-order valence-electron chi connectivity index (χ1n) is 10.0. The summed E-state index contributed by atoms with van der Waals surface area (Å²) in [4.78, 5) is 5.04. The molecule has 148 valence electrons. The second-order valence-electron chi connectivity index (χ2n) is 7.25. The van der Waals surface area contributed by atoms with Crippen molar-refractivity contribution >= 4 is 5.71 Å². The maximum atomic E-state index is 10.4. The zero-order valence-corrected chi connectivity index (χ0v) is 16.8. The molecule has 29 heavy (non-hydrogen) atoms. The normalized spacial score (nSPS) is 18.9. The summed E-state index contributed by atoms with van der Waals surface area (Å²) in [5.74, 6) is 1.10. The van der Waals surface area contributed by atoms with Gasteiger partial charge in [0.25, 0.3) is 0 Å². The second-order valence-corrected chi connectivity index (χ2v) is 7.25. The van der Waals surface area contributed by atoms with Crippen molar-refractivity contribution in [1.29, 1.82) is 0 Å². The molecule has 1 aliphatic rings. The van der Waals surface area contributed by atoms with E-state index in [4.69, 9.17) is 9.73 Å². The topological polar surface area (TPSA) is 53.8 Å². The molecular weight excluding hydrogens is 360 g/mol. The third-order valence-corrected chi connectivity index (χ3v) is 5.48. The Kier molecular flexibility index (Phi) is 5.63. The predicted molar refractivity (Wildman–Crippen MR) is 117 cm³/mol. The Morgan fingerprint density at radius 2 is 1.66 bits per heavy atom. The van der Waals surface area contributed by atoms with Gasteiger partial charge < -0.3 is 9.84 Å². The molecule has 1 heterocycles. The van der Waals surface area contributed by atoms with Crippen LogP contribution in [-0.2, 0) is 6.42 Å². The number of phenolic OH excluding ortho intramolecular Hbond substituents is 1. The van der Waals surface area contributed by atoms with E-state index in [1.165, 1.54) is 5.56 Å². The monoisotopic (exact) mass is 386 g/mol. The molecule has 3 aromatic rings. The minimum Gasteiger partial charge on any atom is -0.508 e. The molecule has 3 aromatic carbocycles. The highest BCUT2D eigenvalue weighted by atomic mass is 16.5. The van der Waals surface area contributed by atoms with E-state index in [1.54, 1.807) is 13.2 Å². The first-order valence-corrected chi connectivity index (χ1v) is 10.0. The predicted octanol–water partition coefficient (Wildman–Crippen LogP) is 5.19. The van der Waals surface area contributed by atoms with Gasteiger partial charge in [0.15, 0.2) is 0 Å². The van der Waals surface area contributed by atoms with Crippen LogP contribution in [0.25, 0.3) is 0 Å². The third kappa shape index (κ3) is 4.03. The van der Waals surface area contributed by atoms with Crippen LogP contribution in [0, 0.1) is 0 Å². The number of nitrogens with one attached hydrogen (secondary N) is 1. The van der Waals surface area contributed by atoms with Crippen LogP contribution in [0.4, 0.5) is 0 Å². The van der Waals surface area contributed by atoms with Gasteiger partial charge in [-0.05, 0) is 29.7 Å². The summed E-state index contributed by atoms with van der Waals surface area (Å²) in [6.07, 6.45) is 1.46. The van der Waals surface area contributed by atoms with Crippen LogP contribution >= 0.6 is 0 Å². The average molecular weight is 386 g/mol. The summed E-state index contributed by atoms with van der Waals surface area (Å²) in [5.41, 5.74) is 5.31. The zero-order valence-electron chi connectivity index (χ0n) is 16.8. The number of nitrogens with zero attached hydrogens (tertiary/aromatic N) is 1. The lowest BCUT2D eigenvalue weighted by atomic mass is 9.93. The van der Waals surface area contributed by atoms with Crippen molar-refractivity contribution in [3.63, 3.8) is 0 Å². The molecule has 0 bridgehead atoms. The molecule has 0 amide bonds. The van der Waals surface area contributed by atoms with E-state index in [-0.39, 0.29) is 12.2 Å². The number of aryl methyl sites for hydroxylation is 1. The molecule has 0 saturated carbocycles. The molecule has 0 radical (unpaired) electrons. The van der Waals surface area contributed by atoms with Gasteiger partial charge in [-0.15, -0.1) is 0 Å². The van der Waals surface area contributed by atoms with Crippen molar-refractivity contribution in [2.75, 3.05) is 7.11 Å². The van der Waals surface area contributed by atoms with Crippen molar-refractivity contribution in [1.82, 2.24) is 5.32 Å². The second kappa shape index (κ2) is 8.50. The molecule has 4 heteroatoms. The van der Waals surface area contributed by atoms with Gasteiger partial charge in [0.05, 0.1) is 7.11 Å². The highest BCUT2D eigenvalue weighted by Gasteiger charge is 2.28. The number of aliphatic imine (C=N–C) groups is 1. The molecule has 4 rings (SSSR count). The Morgan fingerprint density at radius 1 is 0.966 bits per heavy atom. The Labute approximate surface area is 171 Å². The number of benzene rings is 3. The van der Waals surface area contributed by atoms with Gasteiger partial charge in [0, 0.05) is 29.3 Å². The largest absolute Gasteiger partial charge is 0.508 e. The summed E-state index contributed by atoms with van der Waals surface area (Å²) in [6.45, 7) is 2.16. The van der Waals surface area contributed by atoms with E-state index in [2.05, 4.69) is 36.5 Å². The Balaban J connectivity index is 1.77. The van der Waals surface area contributed by atoms with E-state index >= 15 is 0 Å². The Morgan fingerprint density at radius 3 is 2.34 bits per heavy atom. The van der Waals surface area contributed by atoms with E-state index in [9.17, 15) is 5.11 Å². The Hall–Kier alpha value is -3.11. The summed E-state index contributed by atoms with van der Waals surface area (Å²) < 4.78 is 5.58. The third-order valence-electron chi connectivity index (χ3n) is 5.48. The first kappa shape index (κ1) is 19.2. The molecular formula is C25H26N2O2. The molecule has 0 unspecified atom stereocenters. The average Bonchev–Trinajstić information content (AvgIpc) is 2.79. The van der Waals surface area contributed by atoms with Gasteiger partial charge in [-0.2, -0.15) is 0 Å². The fourth-order valence-corrected chi connectivity index (χ4v) is 3.85. The number of hydrogen-bond acceptors (Lipinski definition) is 4. The van der Waals surface area contributed by atoms with Crippen LogP contribution in [0.2, 0.25) is 0 Å². The van der Waals surface area contributed by atoms with Crippen LogP contribution in [0.15, 0.2) is 77.8 Å². The lowest BCUT2D eigenvalue weighted by Crippen LogP contribution is -2.33. The number of aromatic hydroxyl groups is 1. The van der Waals surface area contributed by atoms with E-state index in [0.29, 0.717) is 12.2 Å². The van der Waals surface area contributed by atoms with Crippen LogP contribution in [0.5, 0.6) is 11.5 Å². The molecule has 0 aliphatic carbocycles. The van der Waals surface area contributed by atoms with Crippen LogP contribution < -0.4 is 10.1 Å². The summed E-state index contributed by atoms with van der Waals surface area (Å²) >= 11 is 0. The highest BCUT2D eigenvalue weighted by Crippen LogP contribution is 2.36. The van der Waals surface area contributed by atoms with Crippen LogP contribution in [0.3, 0.4) is 0 Å². The molecule has 0 aromatic heterocycles. The van der Waals surface area contributed by atoms with E-state index < -0.39 is 0 Å². The quantitative estimate of drug-likeness (QED) is 0.635. The summed E-state index contributed by atoms with van der Waals surface area (Å²) in [7, 11) is 1.68. The zero-order chi connectivity index (χ0) is 20.2. The van der Waals surface area contributed by atoms with Gasteiger partial charge in [0.2, 0.25) is 0 Å². The van der Waals surface area contributed by atoms with Crippen molar-refractivity contribution in [3.05, 3.63) is 95.1 Å². The molecule has 2 N–H and O–H groups in total. The fourth-order valence-electron chi connectivity index (χ4n) is 3.85. The fraction of sp³-hybridized carbons (Fsp3) is 0.240. The van der Waals surface area contributed by atoms with Crippen molar-refractivity contribution in [3.8, 4) is 11.5 Å². The highest BCUT2D eigenvalue weighted by molar-refractivity contribution is 6.01.